The van der Waals surface area contributed by atoms with Gasteiger partial charge < -0.3 is 19.0 Å². The number of hydrogen-bond acceptors (Lipinski definition) is 8. The zero-order chi connectivity index (χ0) is 31.3. The number of fused-ring (bicyclic) bond motifs is 1. The molecular formula is C32H39N3O7S. The Morgan fingerprint density at radius 1 is 1.26 bits per heavy atom. The maximum Gasteiger partial charge on any atom is 0.333 e. The Hall–Kier alpha value is -3.70. The van der Waals surface area contributed by atoms with Gasteiger partial charge in [-0.05, 0) is 50.2 Å². The summed E-state index contributed by atoms with van der Waals surface area (Å²) in [6.45, 7) is 11.2. The van der Waals surface area contributed by atoms with Crippen molar-refractivity contribution in [2.24, 2.45) is 11.3 Å². The quantitative estimate of drug-likeness (QED) is 0.245. The SMILES string of the molecule is COc1ccccc1C(Cn1c(=O)n(C(C)(C)C(=O)O)c(=O)c2c(C)c(-c3ncco3)sc21)O[C@H]1CCCC(C)C1(C)C. The maximum atomic E-state index is 14.3. The van der Waals surface area contributed by atoms with Gasteiger partial charge in [-0.1, -0.05) is 51.8 Å². The van der Waals surface area contributed by atoms with E-state index in [9.17, 15) is 19.5 Å². The van der Waals surface area contributed by atoms with Crippen LogP contribution >= 0.6 is 11.3 Å². The standard InChI is InChI=1S/C32H39N3O7S/c1-18-11-10-14-23(31(18,3)4)42-22(20-12-8-9-13-21(20)40-7)17-34-28-24(19(2)25(43-28)26-33-15-16-41-26)27(36)35(30(34)39)32(5,6)29(37)38/h8-9,12-13,15-16,18,22-23H,10-11,14,17H2,1-7H3,(H,37,38)/t18?,22?,23-/m0/s1. The van der Waals surface area contributed by atoms with Gasteiger partial charge in [0.15, 0.2) is 0 Å². The minimum absolute atomic E-state index is 0.0254. The van der Waals surface area contributed by atoms with E-state index in [4.69, 9.17) is 13.9 Å². The number of benzene rings is 1. The molecule has 3 atom stereocenters. The van der Waals surface area contributed by atoms with Crippen LogP contribution in [0.5, 0.6) is 5.75 Å². The van der Waals surface area contributed by atoms with Crippen LogP contribution in [-0.2, 0) is 21.6 Å². The number of rotatable bonds is 9. The first-order valence-corrected chi connectivity index (χ1v) is 15.3. The second-order valence-corrected chi connectivity index (χ2v) is 13.5. The summed E-state index contributed by atoms with van der Waals surface area (Å²) in [6.07, 6.45) is 5.21. The number of nitrogens with zero attached hydrogens (tertiary/aromatic N) is 3. The van der Waals surface area contributed by atoms with Crippen molar-refractivity contribution in [1.82, 2.24) is 14.1 Å². The molecule has 1 aliphatic rings. The van der Waals surface area contributed by atoms with E-state index in [1.165, 1.54) is 42.2 Å². The molecule has 1 fully saturated rings. The van der Waals surface area contributed by atoms with Crippen LogP contribution in [0, 0.1) is 18.3 Å². The summed E-state index contributed by atoms with van der Waals surface area (Å²) >= 11 is 1.22. The summed E-state index contributed by atoms with van der Waals surface area (Å²) in [5.74, 6) is 0.0616. The Morgan fingerprint density at radius 2 is 1.98 bits per heavy atom. The molecule has 1 aromatic carbocycles. The Bertz CT molecular complexity index is 1760. The van der Waals surface area contributed by atoms with Crippen molar-refractivity contribution in [3.63, 3.8) is 0 Å². The first-order valence-electron chi connectivity index (χ1n) is 14.5. The van der Waals surface area contributed by atoms with Crippen LogP contribution in [0.3, 0.4) is 0 Å². The average Bonchev–Trinajstić information content (AvgIpc) is 3.61. The summed E-state index contributed by atoms with van der Waals surface area (Å²) in [7, 11) is 1.59. The van der Waals surface area contributed by atoms with Crippen molar-refractivity contribution in [2.45, 2.75) is 85.1 Å². The summed E-state index contributed by atoms with van der Waals surface area (Å²) in [4.78, 5) is 45.9. The lowest BCUT2D eigenvalue weighted by molar-refractivity contribution is -0.146. The third kappa shape index (κ3) is 5.22. The number of carboxylic acid groups (broad SMARTS) is 1. The number of ether oxygens (including phenoxy) is 2. The number of aromatic nitrogens is 3. The molecule has 2 unspecified atom stereocenters. The van der Waals surface area contributed by atoms with Crippen LogP contribution in [0.15, 0.2) is 50.7 Å². The van der Waals surface area contributed by atoms with Gasteiger partial charge in [0.1, 0.15) is 28.5 Å². The largest absolute Gasteiger partial charge is 0.496 e. The molecule has 10 nitrogen and oxygen atoms in total. The first-order chi connectivity index (χ1) is 20.3. The third-order valence-electron chi connectivity index (χ3n) is 9.29. The van der Waals surface area contributed by atoms with Crippen LogP contribution < -0.4 is 16.0 Å². The number of aliphatic carboxylic acids is 1. The highest BCUT2D eigenvalue weighted by atomic mass is 32.1. The molecule has 230 valence electrons. The fraction of sp³-hybridized carbons (Fsp3) is 0.500. The lowest BCUT2D eigenvalue weighted by Crippen LogP contribution is -2.53. The number of oxazole rings is 1. The number of carboxylic acids is 1. The second-order valence-electron chi connectivity index (χ2n) is 12.5. The topological polar surface area (TPSA) is 126 Å². The van der Waals surface area contributed by atoms with Crippen molar-refractivity contribution in [3.8, 4) is 16.5 Å². The molecule has 11 heteroatoms. The van der Waals surface area contributed by atoms with Gasteiger partial charge in [0.2, 0.25) is 5.89 Å². The minimum Gasteiger partial charge on any atom is -0.496 e. The molecule has 0 amide bonds. The van der Waals surface area contributed by atoms with Crippen LogP contribution in [-0.4, -0.2) is 38.4 Å². The number of thiophene rings is 1. The van der Waals surface area contributed by atoms with Gasteiger partial charge >= 0.3 is 11.7 Å². The van der Waals surface area contributed by atoms with Crippen molar-refractivity contribution >= 4 is 27.5 Å². The van der Waals surface area contributed by atoms with Crippen molar-refractivity contribution in [3.05, 3.63) is 68.7 Å². The van der Waals surface area contributed by atoms with Crippen LogP contribution in [0.2, 0.25) is 0 Å². The third-order valence-corrected chi connectivity index (χ3v) is 10.6. The molecule has 0 saturated heterocycles. The van der Waals surface area contributed by atoms with E-state index < -0.39 is 28.9 Å². The average molecular weight is 610 g/mol. The van der Waals surface area contributed by atoms with Gasteiger partial charge in [-0.3, -0.25) is 9.36 Å². The smallest absolute Gasteiger partial charge is 0.333 e. The van der Waals surface area contributed by atoms with Crippen molar-refractivity contribution in [1.29, 1.82) is 0 Å². The van der Waals surface area contributed by atoms with Crippen molar-refractivity contribution < 1.29 is 23.8 Å². The Kier molecular flexibility index (Phi) is 8.17. The number of aryl methyl sites for hydroxylation is 1. The fourth-order valence-corrected chi connectivity index (χ4v) is 7.30. The molecule has 0 spiro atoms. The fourth-order valence-electron chi connectivity index (χ4n) is 6.06. The highest BCUT2D eigenvalue weighted by Crippen LogP contribution is 2.45. The molecule has 5 rings (SSSR count). The van der Waals surface area contributed by atoms with Gasteiger partial charge in [0, 0.05) is 5.56 Å². The monoisotopic (exact) mass is 609 g/mol. The summed E-state index contributed by atoms with van der Waals surface area (Å²) < 4.78 is 20.6. The number of carbonyl (C=O) groups is 1. The molecule has 43 heavy (non-hydrogen) atoms. The van der Waals surface area contributed by atoms with Crippen LogP contribution in [0.25, 0.3) is 21.0 Å². The van der Waals surface area contributed by atoms with E-state index >= 15 is 0 Å². The number of para-hydroxylation sites is 1. The molecule has 1 N–H and O–H groups in total. The lowest BCUT2D eigenvalue weighted by Gasteiger charge is -2.45. The van der Waals surface area contributed by atoms with E-state index in [1.807, 2.05) is 24.3 Å². The predicted octanol–water partition coefficient (Wildman–Crippen LogP) is 5.99. The highest BCUT2D eigenvalue weighted by molar-refractivity contribution is 7.22. The van der Waals surface area contributed by atoms with Crippen molar-refractivity contribution in [2.75, 3.05) is 7.11 Å². The maximum absolute atomic E-state index is 14.3. The van der Waals surface area contributed by atoms with Gasteiger partial charge in [-0.15, -0.1) is 11.3 Å². The number of methoxy groups -OCH3 is 1. The molecule has 3 aromatic heterocycles. The molecule has 0 radical (unpaired) electrons. The van der Waals surface area contributed by atoms with E-state index in [-0.39, 0.29) is 23.4 Å². The summed E-state index contributed by atoms with van der Waals surface area (Å²) in [5, 5.41) is 10.3. The summed E-state index contributed by atoms with van der Waals surface area (Å²) in [5.41, 5.74) is -2.02. The molecule has 3 heterocycles. The first kappa shape index (κ1) is 30.7. The minimum atomic E-state index is -1.82. The Labute approximate surface area is 253 Å². The van der Waals surface area contributed by atoms with E-state index in [0.717, 1.165) is 29.4 Å². The van der Waals surface area contributed by atoms with E-state index in [2.05, 4.69) is 25.8 Å². The van der Waals surface area contributed by atoms with Gasteiger partial charge in [0.25, 0.3) is 5.56 Å². The van der Waals surface area contributed by atoms with Gasteiger partial charge in [0.05, 0.1) is 36.2 Å². The number of hydrogen-bond donors (Lipinski definition) is 1. The normalized spacial score (nSPS) is 19.4. The van der Waals surface area contributed by atoms with Gasteiger partial charge in [-0.2, -0.15) is 0 Å². The Morgan fingerprint density at radius 3 is 2.63 bits per heavy atom. The Balaban J connectivity index is 1.77. The van der Waals surface area contributed by atoms with Crippen LogP contribution in [0.1, 0.15) is 71.1 Å². The summed E-state index contributed by atoms with van der Waals surface area (Å²) in [6, 6.07) is 7.53. The zero-order valence-corrected chi connectivity index (χ0v) is 26.5. The van der Waals surface area contributed by atoms with E-state index in [0.29, 0.717) is 32.8 Å². The van der Waals surface area contributed by atoms with Crippen LogP contribution in [0.4, 0.5) is 0 Å². The molecule has 1 aliphatic carbocycles. The molecule has 1 saturated carbocycles. The van der Waals surface area contributed by atoms with E-state index in [1.54, 1.807) is 14.0 Å². The molecule has 0 bridgehead atoms. The lowest BCUT2D eigenvalue weighted by atomic mass is 9.67. The zero-order valence-electron chi connectivity index (χ0n) is 25.7. The van der Waals surface area contributed by atoms with Gasteiger partial charge in [-0.25, -0.2) is 19.1 Å². The molecule has 0 aliphatic heterocycles. The predicted molar refractivity (Wildman–Crippen MR) is 165 cm³/mol. The molecular weight excluding hydrogens is 570 g/mol. The second kappa shape index (κ2) is 11.4. The molecule has 4 aromatic rings. The highest BCUT2D eigenvalue weighted by Gasteiger charge is 2.41.